The van der Waals surface area contributed by atoms with Crippen molar-refractivity contribution < 1.29 is 24.2 Å². The lowest BCUT2D eigenvalue weighted by Gasteiger charge is -2.36. The van der Waals surface area contributed by atoms with Crippen molar-refractivity contribution in [3.05, 3.63) is 119 Å². The molecule has 0 aliphatic carbocycles. The molecule has 3 aromatic carbocycles. The molecule has 2 heterocycles. The highest BCUT2D eigenvalue weighted by Gasteiger charge is 2.33. The molecule has 7 heteroatoms. The molecule has 43 heavy (non-hydrogen) atoms. The number of amides is 2. The third-order valence-electron chi connectivity index (χ3n) is 8.52. The van der Waals surface area contributed by atoms with Gasteiger partial charge >= 0.3 is 5.97 Å². The number of aliphatic hydroxyl groups is 1. The van der Waals surface area contributed by atoms with Gasteiger partial charge in [0.15, 0.2) is 0 Å². The zero-order valence-electron chi connectivity index (χ0n) is 24.4. The summed E-state index contributed by atoms with van der Waals surface area (Å²) in [7, 11) is 0. The monoisotopic (exact) mass is 580 g/mol. The molecular weight excluding hydrogens is 540 g/mol. The molecule has 0 aromatic heterocycles. The van der Waals surface area contributed by atoms with Gasteiger partial charge in [0.2, 0.25) is 11.8 Å². The smallest absolute Gasteiger partial charge is 0.309 e. The zero-order chi connectivity index (χ0) is 30.0. The first-order valence-electron chi connectivity index (χ1n) is 15.2. The van der Waals surface area contributed by atoms with Crippen molar-refractivity contribution >= 4 is 17.8 Å². The average Bonchev–Trinajstić information content (AvgIpc) is 3.05. The molecule has 5 rings (SSSR count). The van der Waals surface area contributed by atoms with E-state index in [4.69, 9.17) is 4.74 Å². The van der Waals surface area contributed by atoms with Gasteiger partial charge in [-0.05, 0) is 54.4 Å². The van der Waals surface area contributed by atoms with Crippen molar-refractivity contribution in [2.45, 2.75) is 57.2 Å². The first-order chi connectivity index (χ1) is 21.0. The Balaban J connectivity index is 1.35. The summed E-state index contributed by atoms with van der Waals surface area (Å²) in [5.74, 6) is -1.62. The minimum atomic E-state index is -0.608. The second-order valence-electron chi connectivity index (χ2n) is 11.5. The summed E-state index contributed by atoms with van der Waals surface area (Å²) < 4.78 is 5.85. The van der Waals surface area contributed by atoms with Crippen molar-refractivity contribution in [2.24, 2.45) is 11.8 Å². The van der Waals surface area contributed by atoms with Gasteiger partial charge in [0.05, 0.1) is 30.5 Å². The second-order valence-corrected chi connectivity index (χ2v) is 11.5. The van der Waals surface area contributed by atoms with Crippen LogP contribution in [0.2, 0.25) is 0 Å². The molecule has 2 aliphatic rings. The molecule has 7 nitrogen and oxygen atoms in total. The molecule has 0 fully saturated rings. The Morgan fingerprint density at radius 1 is 0.884 bits per heavy atom. The predicted molar refractivity (Wildman–Crippen MR) is 165 cm³/mol. The van der Waals surface area contributed by atoms with E-state index in [-0.39, 0.29) is 49.4 Å². The summed E-state index contributed by atoms with van der Waals surface area (Å²) in [6, 6.07) is 26.5. The van der Waals surface area contributed by atoms with E-state index in [9.17, 15) is 19.5 Å². The van der Waals surface area contributed by atoms with Crippen molar-refractivity contribution in [1.29, 1.82) is 0 Å². The number of ether oxygens (including phenoxy) is 1. The van der Waals surface area contributed by atoms with Gasteiger partial charge in [0.25, 0.3) is 0 Å². The number of hydrogen-bond donors (Lipinski definition) is 2. The molecule has 4 unspecified atom stereocenters. The summed E-state index contributed by atoms with van der Waals surface area (Å²) in [6.45, 7) is 0.279. The number of cyclic esters (lactones) is 1. The van der Waals surface area contributed by atoms with Gasteiger partial charge in [0, 0.05) is 13.0 Å². The van der Waals surface area contributed by atoms with Crippen molar-refractivity contribution in [1.82, 2.24) is 10.2 Å². The number of hydrogen-bond acceptors (Lipinski definition) is 5. The van der Waals surface area contributed by atoms with Gasteiger partial charge in [-0.25, -0.2) is 0 Å². The Hall–Kier alpha value is -4.23. The number of allylic oxidation sites excluding steroid dienone is 2. The molecule has 0 spiro atoms. The molecule has 2 amide bonds. The average molecular weight is 581 g/mol. The fourth-order valence-corrected chi connectivity index (χ4v) is 6.01. The van der Waals surface area contributed by atoms with Crippen molar-refractivity contribution in [3.63, 3.8) is 0 Å². The minimum Gasteiger partial charge on any atom is -0.463 e. The van der Waals surface area contributed by atoms with Crippen LogP contribution in [0.3, 0.4) is 0 Å². The van der Waals surface area contributed by atoms with Crippen LogP contribution in [0.15, 0.2) is 97.1 Å². The van der Waals surface area contributed by atoms with Crippen LogP contribution < -0.4 is 5.32 Å². The lowest BCUT2D eigenvalue weighted by molar-refractivity contribution is -0.150. The van der Waals surface area contributed by atoms with E-state index in [1.807, 2.05) is 97.1 Å². The van der Waals surface area contributed by atoms with E-state index in [0.29, 0.717) is 38.6 Å². The topological polar surface area (TPSA) is 95.9 Å². The van der Waals surface area contributed by atoms with E-state index < -0.39 is 12.0 Å². The molecule has 0 saturated carbocycles. The van der Waals surface area contributed by atoms with Crippen molar-refractivity contribution in [2.75, 3.05) is 13.2 Å². The fourth-order valence-electron chi connectivity index (χ4n) is 6.01. The second kappa shape index (κ2) is 14.8. The largest absolute Gasteiger partial charge is 0.463 e. The highest BCUT2D eigenvalue weighted by molar-refractivity contribution is 5.86. The number of nitrogens with one attached hydrogen (secondary N) is 1. The molecule has 0 radical (unpaired) electrons. The van der Waals surface area contributed by atoms with Crippen LogP contribution in [-0.4, -0.2) is 47.0 Å². The Morgan fingerprint density at radius 3 is 2.33 bits per heavy atom. The molecule has 3 aromatic rings. The van der Waals surface area contributed by atoms with E-state index in [0.717, 1.165) is 22.3 Å². The van der Waals surface area contributed by atoms with Gasteiger partial charge < -0.3 is 20.1 Å². The highest BCUT2D eigenvalue weighted by Crippen LogP contribution is 2.26. The fraction of sp³-hybridized carbons (Fsp3) is 0.361. The van der Waals surface area contributed by atoms with Crippen LogP contribution in [0.5, 0.6) is 0 Å². The highest BCUT2D eigenvalue weighted by atomic mass is 16.5. The number of rotatable bonds is 6. The minimum absolute atomic E-state index is 0.00344. The molecule has 0 bridgehead atoms. The van der Waals surface area contributed by atoms with Crippen LogP contribution in [0, 0.1) is 11.8 Å². The third-order valence-corrected chi connectivity index (χ3v) is 8.52. The first-order valence-corrected chi connectivity index (χ1v) is 15.2. The third kappa shape index (κ3) is 7.99. The van der Waals surface area contributed by atoms with Crippen LogP contribution in [0.25, 0.3) is 0 Å². The zero-order valence-corrected chi connectivity index (χ0v) is 24.4. The van der Waals surface area contributed by atoms with Gasteiger partial charge in [-0.2, -0.15) is 0 Å². The summed E-state index contributed by atoms with van der Waals surface area (Å²) in [5, 5.41) is 13.2. The number of benzene rings is 3. The summed E-state index contributed by atoms with van der Waals surface area (Å²) >= 11 is 0. The SMILES string of the molecule is O=C1NC(c2ccccc2)COC(=O)C(Cc2ccccc2)CCC=CCC1CC(=O)N1Cc2ccccc2CC1CO. The summed E-state index contributed by atoms with van der Waals surface area (Å²) in [5.41, 5.74) is 4.10. The van der Waals surface area contributed by atoms with Gasteiger partial charge in [-0.1, -0.05) is 97.1 Å². The van der Waals surface area contributed by atoms with Crippen LogP contribution in [0.4, 0.5) is 0 Å². The number of fused-ring (bicyclic) bond motifs is 1. The Morgan fingerprint density at radius 2 is 1.58 bits per heavy atom. The number of esters is 1. The van der Waals surface area contributed by atoms with Crippen LogP contribution in [0.1, 0.15) is 54.0 Å². The van der Waals surface area contributed by atoms with Gasteiger partial charge in [-0.15, -0.1) is 0 Å². The first kappa shape index (κ1) is 30.2. The Kier molecular flexibility index (Phi) is 10.4. The number of aliphatic hydroxyl groups excluding tert-OH is 1. The van der Waals surface area contributed by atoms with Crippen LogP contribution >= 0.6 is 0 Å². The molecular formula is C36H40N2O5. The van der Waals surface area contributed by atoms with Gasteiger partial charge in [-0.3, -0.25) is 14.4 Å². The maximum atomic E-state index is 13.7. The molecule has 224 valence electrons. The van der Waals surface area contributed by atoms with Crippen LogP contribution in [-0.2, 0) is 38.5 Å². The summed E-state index contributed by atoms with van der Waals surface area (Å²) in [4.78, 5) is 42.4. The van der Waals surface area contributed by atoms with E-state index in [1.165, 1.54) is 0 Å². The quantitative estimate of drug-likeness (QED) is 0.318. The standard InChI is InChI=1S/C36H40N2O5/c39-24-32-21-28-16-10-11-19-31(28)23-38(32)34(40)22-29-17-8-3-9-18-30(20-26-12-4-1-5-13-26)36(42)43-25-33(37-35(29)41)27-14-6-2-7-15-27/h1-8,10-16,19,29-30,32-33,39H,9,17-18,20-25H2,(H,37,41). The molecule has 4 atom stereocenters. The number of carbonyl (C=O) groups excluding carboxylic acids is 3. The molecule has 0 saturated heterocycles. The lowest BCUT2D eigenvalue weighted by Crippen LogP contribution is -2.47. The normalized spacial score (nSPS) is 23.1. The maximum absolute atomic E-state index is 13.7. The van der Waals surface area contributed by atoms with E-state index >= 15 is 0 Å². The molecule has 2 aliphatic heterocycles. The Labute approximate surface area is 253 Å². The number of nitrogens with zero attached hydrogens (tertiary/aromatic N) is 1. The predicted octanol–water partition coefficient (Wildman–Crippen LogP) is 4.94. The van der Waals surface area contributed by atoms with E-state index in [2.05, 4.69) is 5.32 Å². The number of carbonyl (C=O) groups is 3. The van der Waals surface area contributed by atoms with Gasteiger partial charge in [0.1, 0.15) is 6.61 Å². The lowest BCUT2D eigenvalue weighted by atomic mass is 9.92. The van der Waals surface area contributed by atoms with Crippen molar-refractivity contribution in [3.8, 4) is 0 Å². The summed E-state index contributed by atoms with van der Waals surface area (Å²) in [6.07, 6.45) is 6.81. The Bertz CT molecular complexity index is 1410. The van der Waals surface area contributed by atoms with E-state index in [1.54, 1.807) is 4.90 Å². The molecule has 2 N–H and O–H groups in total. The maximum Gasteiger partial charge on any atom is 0.309 e.